The lowest BCUT2D eigenvalue weighted by Gasteiger charge is -2.25. The number of benzene rings is 2. The van der Waals surface area contributed by atoms with Crippen LogP contribution in [0.4, 0.5) is 0 Å². The molecule has 0 saturated heterocycles. The van der Waals surface area contributed by atoms with E-state index in [2.05, 4.69) is 23.5 Å². The first-order chi connectivity index (χ1) is 10.3. The molecule has 0 radical (unpaired) electrons. The van der Waals surface area contributed by atoms with Gasteiger partial charge in [-0.25, -0.2) is 0 Å². The van der Waals surface area contributed by atoms with Crippen molar-refractivity contribution in [1.29, 1.82) is 0 Å². The molecule has 0 atom stereocenters. The van der Waals surface area contributed by atoms with Gasteiger partial charge in [-0.2, -0.15) is 0 Å². The summed E-state index contributed by atoms with van der Waals surface area (Å²) in [5.74, 6) is 0.852. The Morgan fingerprint density at radius 1 is 0.905 bits per heavy atom. The Morgan fingerprint density at radius 2 is 1.62 bits per heavy atom. The lowest BCUT2D eigenvalue weighted by molar-refractivity contribution is 0.103. The van der Waals surface area contributed by atoms with Crippen LogP contribution in [0.15, 0.2) is 42.5 Å². The van der Waals surface area contributed by atoms with E-state index in [1.54, 1.807) is 0 Å². The maximum absolute atomic E-state index is 12.6. The molecular weight excluding hydrogens is 258 g/mol. The fourth-order valence-corrected chi connectivity index (χ4v) is 3.25. The second-order valence-electron chi connectivity index (χ2n) is 6.17. The van der Waals surface area contributed by atoms with Gasteiger partial charge < -0.3 is 5.32 Å². The highest BCUT2D eigenvalue weighted by molar-refractivity contribution is 6.09. The van der Waals surface area contributed by atoms with Crippen molar-refractivity contribution < 1.29 is 4.79 Å². The van der Waals surface area contributed by atoms with Crippen molar-refractivity contribution >= 4 is 5.78 Å². The summed E-state index contributed by atoms with van der Waals surface area (Å²) in [5.41, 5.74) is 5.55. The fourth-order valence-electron chi connectivity index (χ4n) is 3.25. The highest BCUT2D eigenvalue weighted by atomic mass is 16.1. The molecular formula is C19H19NO. The lowest BCUT2D eigenvalue weighted by atomic mass is 9.80. The first kappa shape index (κ1) is 12.8. The zero-order valence-electron chi connectivity index (χ0n) is 12.1. The molecule has 1 fully saturated rings. The molecule has 2 heteroatoms. The van der Waals surface area contributed by atoms with Gasteiger partial charge in [0.15, 0.2) is 5.78 Å². The number of carbonyl (C=O) groups excluding carboxylic acids is 1. The van der Waals surface area contributed by atoms with E-state index in [0.717, 1.165) is 30.1 Å². The minimum Gasteiger partial charge on any atom is -0.309 e. The Balaban J connectivity index is 1.59. The molecule has 1 aliphatic heterocycles. The molecule has 0 aromatic heterocycles. The number of ketones is 1. The zero-order chi connectivity index (χ0) is 14.2. The Morgan fingerprint density at radius 3 is 2.33 bits per heavy atom. The maximum Gasteiger partial charge on any atom is 0.193 e. The van der Waals surface area contributed by atoms with E-state index in [4.69, 9.17) is 0 Å². The lowest BCUT2D eigenvalue weighted by Crippen LogP contribution is -2.09. The highest BCUT2D eigenvalue weighted by Crippen LogP contribution is 2.36. The Bertz CT molecular complexity index is 683. The fraction of sp³-hybridized carbons (Fsp3) is 0.316. The van der Waals surface area contributed by atoms with Crippen molar-refractivity contribution in [3.63, 3.8) is 0 Å². The van der Waals surface area contributed by atoms with Crippen LogP contribution < -0.4 is 5.32 Å². The summed E-state index contributed by atoms with van der Waals surface area (Å²) < 4.78 is 0. The van der Waals surface area contributed by atoms with Gasteiger partial charge in [0.1, 0.15) is 0 Å². The molecule has 1 heterocycles. The third-order valence-corrected chi connectivity index (χ3v) is 4.85. The average molecular weight is 277 g/mol. The molecule has 0 amide bonds. The van der Waals surface area contributed by atoms with Gasteiger partial charge in [-0.3, -0.25) is 4.79 Å². The normalized spacial score (nSPS) is 17.3. The molecule has 1 aliphatic carbocycles. The second kappa shape index (κ2) is 5.12. The Labute approximate surface area is 125 Å². The van der Waals surface area contributed by atoms with Gasteiger partial charge in [-0.1, -0.05) is 42.8 Å². The third kappa shape index (κ3) is 2.30. The Kier molecular flexibility index (Phi) is 3.12. The molecule has 106 valence electrons. The quantitative estimate of drug-likeness (QED) is 0.865. The van der Waals surface area contributed by atoms with Crippen LogP contribution in [0, 0.1) is 0 Å². The van der Waals surface area contributed by atoms with Gasteiger partial charge >= 0.3 is 0 Å². The first-order valence-corrected chi connectivity index (χ1v) is 7.78. The van der Waals surface area contributed by atoms with Crippen LogP contribution in [-0.2, 0) is 13.1 Å². The predicted molar refractivity (Wildman–Crippen MR) is 83.5 cm³/mol. The van der Waals surface area contributed by atoms with Crippen LogP contribution in [0.3, 0.4) is 0 Å². The van der Waals surface area contributed by atoms with Crippen LogP contribution in [0.5, 0.6) is 0 Å². The molecule has 1 N–H and O–H groups in total. The molecule has 0 bridgehead atoms. The van der Waals surface area contributed by atoms with Gasteiger partial charge in [-0.05, 0) is 41.5 Å². The number of hydrogen-bond acceptors (Lipinski definition) is 2. The zero-order valence-corrected chi connectivity index (χ0v) is 12.1. The van der Waals surface area contributed by atoms with Crippen LogP contribution in [0.2, 0.25) is 0 Å². The molecule has 2 aliphatic rings. The topological polar surface area (TPSA) is 29.1 Å². The van der Waals surface area contributed by atoms with Gasteiger partial charge in [-0.15, -0.1) is 0 Å². The van der Waals surface area contributed by atoms with Crippen molar-refractivity contribution in [3.8, 4) is 0 Å². The summed E-state index contributed by atoms with van der Waals surface area (Å²) in [7, 11) is 0. The largest absolute Gasteiger partial charge is 0.309 e. The summed E-state index contributed by atoms with van der Waals surface area (Å²) in [6, 6.07) is 14.3. The summed E-state index contributed by atoms with van der Waals surface area (Å²) in [6.45, 7) is 1.79. The van der Waals surface area contributed by atoms with E-state index >= 15 is 0 Å². The molecule has 2 nitrogen and oxygen atoms in total. The van der Waals surface area contributed by atoms with Gasteiger partial charge in [0.05, 0.1) is 0 Å². The van der Waals surface area contributed by atoms with E-state index in [9.17, 15) is 4.79 Å². The van der Waals surface area contributed by atoms with Gasteiger partial charge in [0.25, 0.3) is 0 Å². The van der Waals surface area contributed by atoms with Gasteiger partial charge in [0.2, 0.25) is 0 Å². The standard InChI is InChI=1S/C19H19NO/c21-19(16-8-9-17-11-20-12-18(17)10-16)15-6-4-14(5-7-15)13-2-1-3-13/h4-10,13,20H,1-3,11-12H2. The number of nitrogens with one attached hydrogen (secondary N) is 1. The summed E-state index contributed by atoms with van der Waals surface area (Å²) in [5, 5.41) is 3.32. The van der Waals surface area contributed by atoms with E-state index in [-0.39, 0.29) is 5.78 Å². The minimum absolute atomic E-state index is 0.129. The monoisotopic (exact) mass is 277 g/mol. The summed E-state index contributed by atoms with van der Waals surface area (Å²) in [6.07, 6.45) is 3.94. The maximum atomic E-state index is 12.6. The number of rotatable bonds is 3. The van der Waals surface area contributed by atoms with Crippen molar-refractivity contribution in [2.45, 2.75) is 38.3 Å². The molecule has 0 spiro atoms. The number of carbonyl (C=O) groups is 1. The van der Waals surface area contributed by atoms with Crippen molar-refractivity contribution in [2.75, 3.05) is 0 Å². The molecule has 4 rings (SSSR count). The molecule has 0 unspecified atom stereocenters. The molecule has 1 saturated carbocycles. The van der Waals surface area contributed by atoms with Crippen molar-refractivity contribution in [2.24, 2.45) is 0 Å². The minimum atomic E-state index is 0.129. The Hall–Kier alpha value is -1.93. The average Bonchev–Trinajstić information content (AvgIpc) is 2.93. The smallest absolute Gasteiger partial charge is 0.193 e. The van der Waals surface area contributed by atoms with Crippen LogP contribution >= 0.6 is 0 Å². The summed E-state index contributed by atoms with van der Waals surface area (Å²) in [4.78, 5) is 12.6. The number of hydrogen-bond donors (Lipinski definition) is 1. The predicted octanol–water partition coefficient (Wildman–Crippen LogP) is 3.79. The van der Waals surface area contributed by atoms with E-state index in [1.165, 1.54) is 36.0 Å². The van der Waals surface area contributed by atoms with Crippen LogP contribution in [0.1, 0.15) is 57.8 Å². The van der Waals surface area contributed by atoms with Crippen LogP contribution in [-0.4, -0.2) is 5.78 Å². The van der Waals surface area contributed by atoms with Crippen molar-refractivity contribution in [3.05, 3.63) is 70.3 Å². The number of fused-ring (bicyclic) bond motifs is 1. The molecule has 2 aromatic rings. The van der Waals surface area contributed by atoms with Gasteiger partial charge in [0, 0.05) is 24.2 Å². The van der Waals surface area contributed by atoms with E-state index in [0.29, 0.717) is 0 Å². The highest BCUT2D eigenvalue weighted by Gasteiger charge is 2.20. The van der Waals surface area contributed by atoms with Crippen LogP contribution in [0.25, 0.3) is 0 Å². The van der Waals surface area contributed by atoms with E-state index < -0.39 is 0 Å². The molecule has 2 aromatic carbocycles. The van der Waals surface area contributed by atoms with E-state index in [1.807, 2.05) is 24.3 Å². The third-order valence-electron chi connectivity index (χ3n) is 4.85. The van der Waals surface area contributed by atoms with Crippen molar-refractivity contribution in [1.82, 2.24) is 5.32 Å². The first-order valence-electron chi connectivity index (χ1n) is 7.78. The second-order valence-corrected chi connectivity index (χ2v) is 6.17. The SMILES string of the molecule is O=C(c1ccc(C2CCC2)cc1)c1ccc2c(c1)CNC2. The summed E-state index contributed by atoms with van der Waals surface area (Å²) >= 11 is 0. The molecule has 21 heavy (non-hydrogen) atoms.